The molecule has 2 aliphatic carbocycles. The van der Waals surface area contributed by atoms with E-state index in [1.807, 2.05) is 13.8 Å². The number of carbonyl (C=O) groups excluding carboxylic acids is 4. The van der Waals surface area contributed by atoms with Crippen LogP contribution in [0, 0.1) is 23.6 Å². The van der Waals surface area contributed by atoms with Crippen molar-refractivity contribution in [1.29, 1.82) is 0 Å². The number of primary amides is 1. The molecule has 1 aromatic carbocycles. The maximum atomic E-state index is 15.9. The third-order valence-electron chi connectivity index (χ3n) is 11.5. The van der Waals surface area contributed by atoms with Gasteiger partial charge in [-0.25, -0.2) is 9.18 Å². The van der Waals surface area contributed by atoms with Crippen molar-refractivity contribution in [2.45, 2.75) is 141 Å². The number of nitrogens with zero attached hydrogens (tertiary/aromatic N) is 3. The summed E-state index contributed by atoms with van der Waals surface area (Å²) in [5, 5.41) is 9.62. The molecule has 4 amide bonds. The highest BCUT2D eigenvalue weighted by atomic mass is 19.4. The van der Waals surface area contributed by atoms with Crippen LogP contribution in [-0.2, 0) is 14.3 Å². The summed E-state index contributed by atoms with van der Waals surface area (Å²) in [6.45, 7) is 8.20. The lowest BCUT2D eigenvalue weighted by atomic mass is 9.64. The molecule has 1 aliphatic heterocycles. The smallest absolute Gasteiger partial charge is 0.415 e. The van der Waals surface area contributed by atoms with Crippen LogP contribution >= 0.6 is 0 Å². The van der Waals surface area contributed by atoms with Crippen LogP contribution in [0.1, 0.15) is 145 Å². The number of aromatic nitrogens is 2. The fourth-order valence-corrected chi connectivity index (χ4v) is 8.61. The van der Waals surface area contributed by atoms with Gasteiger partial charge in [-0.2, -0.15) is 18.3 Å². The number of rotatable bonds is 11. The highest BCUT2D eigenvalue weighted by molar-refractivity contribution is 5.97. The third-order valence-corrected chi connectivity index (χ3v) is 11.5. The van der Waals surface area contributed by atoms with Gasteiger partial charge in [0.2, 0.25) is 11.8 Å². The number of halogens is 4. The SMILES string of the molecule is CC(C)n1nc([C@@H](C(=O)Nc2ccc([C@H](C)C(=O)NC3(C(F)(F)F)CN(C(=O)OC(C)(C)C)C3)cc2F)C(C2CCCCC2)C2CCCCC2)cc1C(N)=O. The van der Waals surface area contributed by atoms with E-state index in [1.54, 1.807) is 26.8 Å². The molecule has 1 aromatic heterocycles. The largest absolute Gasteiger partial charge is 0.444 e. The second-order valence-electron chi connectivity index (χ2n) is 17.1. The zero-order valence-electron chi connectivity index (χ0n) is 32.7. The minimum absolute atomic E-state index is 0.0919. The van der Waals surface area contributed by atoms with Gasteiger partial charge < -0.3 is 26.0 Å². The number of benzene rings is 1. The van der Waals surface area contributed by atoms with Crippen molar-refractivity contribution in [1.82, 2.24) is 20.0 Å². The molecule has 2 atom stereocenters. The number of anilines is 1. The molecule has 0 bridgehead atoms. The fourth-order valence-electron chi connectivity index (χ4n) is 8.61. The van der Waals surface area contributed by atoms with E-state index >= 15 is 4.39 Å². The van der Waals surface area contributed by atoms with E-state index in [0.29, 0.717) is 5.69 Å². The molecule has 3 aliphatic rings. The molecular formula is C40H56F4N6O5. The first-order valence-electron chi connectivity index (χ1n) is 19.6. The number of ether oxygens (including phenoxy) is 1. The summed E-state index contributed by atoms with van der Waals surface area (Å²) in [4.78, 5) is 53.6. The summed E-state index contributed by atoms with van der Waals surface area (Å²) in [5.74, 6) is -4.70. The summed E-state index contributed by atoms with van der Waals surface area (Å²) < 4.78 is 65.4. The molecule has 4 N–H and O–H groups in total. The van der Waals surface area contributed by atoms with Gasteiger partial charge in [0, 0.05) is 6.04 Å². The van der Waals surface area contributed by atoms with Crippen LogP contribution in [0.3, 0.4) is 0 Å². The van der Waals surface area contributed by atoms with Crippen LogP contribution in [0.4, 0.5) is 28.0 Å². The molecule has 2 aromatic rings. The lowest BCUT2D eigenvalue weighted by Gasteiger charge is -2.50. The monoisotopic (exact) mass is 776 g/mol. The van der Waals surface area contributed by atoms with Crippen LogP contribution in [0.2, 0.25) is 0 Å². The molecule has 11 nitrogen and oxygen atoms in total. The molecule has 1 saturated heterocycles. The maximum absolute atomic E-state index is 15.9. The average Bonchev–Trinajstić information content (AvgIpc) is 3.54. The number of amides is 4. The topological polar surface area (TPSA) is 149 Å². The molecule has 0 spiro atoms. The summed E-state index contributed by atoms with van der Waals surface area (Å²) in [7, 11) is 0. The minimum Gasteiger partial charge on any atom is -0.444 e. The van der Waals surface area contributed by atoms with E-state index < -0.39 is 71.9 Å². The average molecular weight is 777 g/mol. The van der Waals surface area contributed by atoms with E-state index in [9.17, 15) is 32.3 Å². The number of hydrogen-bond acceptors (Lipinski definition) is 6. The molecule has 2 heterocycles. The quantitative estimate of drug-likeness (QED) is 0.197. The first-order valence-corrected chi connectivity index (χ1v) is 19.6. The second kappa shape index (κ2) is 16.5. The molecule has 5 rings (SSSR count). The van der Waals surface area contributed by atoms with Gasteiger partial charge in [-0.05, 0) is 83.1 Å². The lowest BCUT2D eigenvalue weighted by molar-refractivity contribution is -0.230. The van der Waals surface area contributed by atoms with Crippen molar-refractivity contribution >= 4 is 29.5 Å². The van der Waals surface area contributed by atoms with Gasteiger partial charge in [-0.3, -0.25) is 19.1 Å². The van der Waals surface area contributed by atoms with E-state index in [0.717, 1.165) is 75.2 Å². The Morgan fingerprint density at radius 3 is 1.91 bits per heavy atom. The van der Waals surface area contributed by atoms with Crippen LogP contribution in [0.15, 0.2) is 24.3 Å². The predicted octanol–water partition coefficient (Wildman–Crippen LogP) is 7.97. The van der Waals surface area contributed by atoms with E-state index in [-0.39, 0.29) is 40.7 Å². The van der Waals surface area contributed by atoms with Crippen molar-refractivity contribution in [2.24, 2.45) is 23.5 Å². The summed E-state index contributed by atoms with van der Waals surface area (Å²) in [6, 6.07) is 5.10. The van der Waals surface area contributed by atoms with Crippen LogP contribution in [0.25, 0.3) is 0 Å². The molecule has 15 heteroatoms. The predicted molar refractivity (Wildman–Crippen MR) is 199 cm³/mol. The highest BCUT2D eigenvalue weighted by Gasteiger charge is 2.64. The number of nitrogens with one attached hydrogen (secondary N) is 2. The first-order chi connectivity index (χ1) is 25.7. The molecule has 3 fully saturated rings. The Labute approximate surface area is 320 Å². The lowest BCUT2D eigenvalue weighted by Crippen LogP contribution is -2.78. The Balaban J connectivity index is 1.39. The molecule has 55 heavy (non-hydrogen) atoms. The van der Waals surface area contributed by atoms with Crippen molar-refractivity contribution < 1.29 is 41.5 Å². The Morgan fingerprint density at radius 2 is 1.45 bits per heavy atom. The minimum atomic E-state index is -4.88. The van der Waals surface area contributed by atoms with Crippen LogP contribution in [0.5, 0.6) is 0 Å². The molecule has 0 unspecified atom stereocenters. The second-order valence-corrected chi connectivity index (χ2v) is 17.1. The Bertz CT molecular complexity index is 1700. The van der Waals surface area contributed by atoms with Crippen molar-refractivity contribution in [3.05, 3.63) is 47.0 Å². The Hall–Kier alpha value is -4.17. The number of carbonyl (C=O) groups is 4. The Kier molecular flexibility index (Phi) is 12.6. The van der Waals surface area contributed by atoms with Gasteiger partial charge >= 0.3 is 12.3 Å². The van der Waals surface area contributed by atoms with Gasteiger partial charge in [0.05, 0.1) is 36.3 Å². The standard InChI is InChI=1S/C40H56F4N6O5/c1-23(2)50-31(34(45)51)20-30(48-50)33(32(25-13-9-7-10-14-25)26-15-11-8-12-16-26)36(53)46-29-18-17-27(19-28(29)41)24(3)35(52)47-39(40(42,43)44)21-49(22-39)37(54)55-38(4,5)6/h17-20,23-26,32-33H,7-16,21-22H2,1-6H3,(H2,45,51)(H,46,53)(H,47,52)/t24-,33+/m0/s1. The van der Waals surface area contributed by atoms with E-state index in [1.165, 1.54) is 23.7 Å². The number of hydrogen-bond donors (Lipinski definition) is 3. The van der Waals surface area contributed by atoms with Gasteiger partial charge in [-0.15, -0.1) is 0 Å². The molecule has 0 radical (unpaired) electrons. The molecule has 304 valence electrons. The zero-order chi connectivity index (χ0) is 40.5. The molecular weight excluding hydrogens is 720 g/mol. The zero-order valence-corrected chi connectivity index (χ0v) is 32.7. The highest BCUT2D eigenvalue weighted by Crippen LogP contribution is 2.47. The van der Waals surface area contributed by atoms with Crippen molar-refractivity contribution in [2.75, 3.05) is 18.4 Å². The van der Waals surface area contributed by atoms with Crippen molar-refractivity contribution in [3.8, 4) is 0 Å². The first kappa shape index (κ1) is 42.0. The van der Waals surface area contributed by atoms with Gasteiger partial charge in [0.25, 0.3) is 5.91 Å². The van der Waals surface area contributed by atoms with Crippen LogP contribution in [-0.4, -0.2) is 68.9 Å². The van der Waals surface area contributed by atoms with Crippen molar-refractivity contribution in [3.63, 3.8) is 0 Å². The number of alkyl halides is 3. The third kappa shape index (κ3) is 9.45. The summed E-state index contributed by atoms with van der Waals surface area (Å²) in [5.41, 5.74) is 2.67. The maximum Gasteiger partial charge on any atom is 0.415 e. The summed E-state index contributed by atoms with van der Waals surface area (Å²) in [6.07, 6.45) is 4.43. The van der Waals surface area contributed by atoms with Gasteiger partial charge in [0.1, 0.15) is 17.1 Å². The summed E-state index contributed by atoms with van der Waals surface area (Å²) >= 11 is 0. The molecule has 2 saturated carbocycles. The van der Waals surface area contributed by atoms with Gasteiger partial charge in [-0.1, -0.05) is 70.3 Å². The van der Waals surface area contributed by atoms with E-state index in [4.69, 9.17) is 15.6 Å². The normalized spacial score (nSPS) is 19.5. The Morgan fingerprint density at radius 1 is 0.891 bits per heavy atom. The number of nitrogens with two attached hydrogens (primary N) is 1. The van der Waals surface area contributed by atoms with Crippen LogP contribution < -0.4 is 16.4 Å². The fraction of sp³-hybridized carbons (Fsp3) is 0.675. The van der Waals surface area contributed by atoms with E-state index in [2.05, 4.69) is 10.6 Å². The van der Waals surface area contributed by atoms with Gasteiger partial charge in [0.15, 0.2) is 5.54 Å². The number of likely N-dealkylation sites (tertiary alicyclic amines) is 1.